The third-order valence-corrected chi connectivity index (χ3v) is 4.29. The smallest absolute Gasteiger partial charge is 0.338 e. The second kappa shape index (κ2) is 7.63. The fraction of sp³-hybridized carbons (Fsp3) is 0.250. The SMILES string of the molecule is N#Cc1ccc(C(=O)OCC(=O)N[C@H]2CCCc3ccccc32)cc1. The molecule has 0 heterocycles. The molecule has 2 aromatic rings. The Bertz CT molecular complexity index is 822. The van der Waals surface area contributed by atoms with E-state index in [0.717, 1.165) is 24.8 Å². The molecule has 0 bridgehead atoms. The first-order chi connectivity index (χ1) is 12.2. The van der Waals surface area contributed by atoms with E-state index in [2.05, 4.69) is 11.4 Å². The molecule has 0 aromatic heterocycles. The fourth-order valence-corrected chi connectivity index (χ4v) is 3.04. The van der Waals surface area contributed by atoms with Crippen LogP contribution in [0.4, 0.5) is 0 Å². The average Bonchev–Trinajstić information content (AvgIpc) is 2.66. The standard InChI is InChI=1S/C20H18N2O3/c21-12-14-8-10-16(11-9-14)20(24)25-13-19(23)22-18-7-3-5-15-4-1-2-6-17(15)18/h1-2,4,6,8-11,18H,3,5,7,13H2,(H,22,23)/t18-/m0/s1. The van der Waals surface area contributed by atoms with Gasteiger partial charge in [0.1, 0.15) is 0 Å². The Morgan fingerprint density at radius 1 is 1.16 bits per heavy atom. The molecule has 0 saturated heterocycles. The summed E-state index contributed by atoms with van der Waals surface area (Å²) in [5.74, 6) is -0.896. The Kier molecular flexibility index (Phi) is 5.10. The van der Waals surface area contributed by atoms with E-state index < -0.39 is 5.97 Å². The number of ether oxygens (including phenoxy) is 1. The van der Waals surface area contributed by atoms with Crippen LogP contribution in [0.25, 0.3) is 0 Å². The largest absolute Gasteiger partial charge is 0.452 e. The second-order valence-corrected chi connectivity index (χ2v) is 5.98. The van der Waals surface area contributed by atoms with Gasteiger partial charge in [0.2, 0.25) is 0 Å². The average molecular weight is 334 g/mol. The number of benzene rings is 2. The van der Waals surface area contributed by atoms with Gasteiger partial charge in [0, 0.05) is 0 Å². The maximum absolute atomic E-state index is 12.1. The zero-order valence-corrected chi connectivity index (χ0v) is 13.7. The third-order valence-electron chi connectivity index (χ3n) is 4.29. The fourth-order valence-electron chi connectivity index (χ4n) is 3.04. The number of nitriles is 1. The van der Waals surface area contributed by atoms with Gasteiger partial charge in [-0.1, -0.05) is 24.3 Å². The van der Waals surface area contributed by atoms with Crippen molar-refractivity contribution in [3.8, 4) is 6.07 Å². The molecule has 2 aromatic carbocycles. The number of esters is 1. The van der Waals surface area contributed by atoms with E-state index >= 15 is 0 Å². The predicted molar refractivity (Wildman–Crippen MR) is 91.7 cm³/mol. The molecule has 1 aliphatic rings. The van der Waals surface area contributed by atoms with E-state index in [1.54, 1.807) is 0 Å². The van der Waals surface area contributed by atoms with Crippen LogP contribution in [0.2, 0.25) is 0 Å². The van der Waals surface area contributed by atoms with Gasteiger partial charge < -0.3 is 10.1 Å². The number of fused-ring (bicyclic) bond motifs is 1. The van der Waals surface area contributed by atoms with E-state index in [0.29, 0.717) is 11.1 Å². The molecule has 5 nitrogen and oxygen atoms in total. The van der Waals surface area contributed by atoms with Gasteiger partial charge in [0.25, 0.3) is 5.91 Å². The third kappa shape index (κ3) is 4.04. The Morgan fingerprint density at radius 2 is 1.92 bits per heavy atom. The highest BCUT2D eigenvalue weighted by Gasteiger charge is 2.21. The first-order valence-corrected chi connectivity index (χ1v) is 8.22. The monoisotopic (exact) mass is 334 g/mol. The van der Waals surface area contributed by atoms with Gasteiger partial charge in [0.05, 0.1) is 23.2 Å². The van der Waals surface area contributed by atoms with Crippen molar-refractivity contribution in [2.75, 3.05) is 6.61 Å². The number of hydrogen-bond donors (Lipinski definition) is 1. The molecule has 25 heavy (non-hydrogen) atoms. The number of nitrogens with zero attached hydrogens (tertiary/aromatic N) is 1. The topological polar surface area (TPSA) is 79.2 Å². The molecule has 3 rings (SSSR count). The molecule has 0 fully saturated rings. The lowest BCUT2D eigenvalue weighted by Gasteiger charge is -2.26. The Morgan fingerprint density at radius 3 is 2.68 bits per heavy atom. The molecule has 5 heteroatoms. The summed E-state index contributed by atoms with van der Waals surface area (Å²) in [6.07, 6.45) is 2.93. The van der Waals surface area contributed by atoms with Crippen molar-refractivity contribution in [3.05, 3.63) is 70.8 Å². The van der Waals surface area contributed by atoms with Gasteiger partial charge in [-0.05, 0) is 54.7 Å². The molecule has 0 unspecified atom stereocenters. The number of carbonyl (C=O) groups is 2. The van der Waals surface area contributed by atoms with Crippen LogP contribution < -0.4 is 5.32 Å². The van der Waals surface area contributed by atoms with Crippen LogP contribution in [0.5, 0.6) is 0 Å². The number of amides is 1. The first-order valence-electron chi connectivity index (χ1n) is 8.22. The van der Waals surface area contributed by atoms with Crippen LogP contribution in [0.1, 0.15) is 45.9 Å². The lowest BCUT2D eigenvalue weighted by Crippen LogP contribution is -2.34. The number of rotatable bonds is 4. The molecule has 0 saturated carbocycles. The predicted octanol–water partition coefficient (Wildman–Crippen LogP) is 2.91. The van der Waals surface area contributed by atoms with E-state index in [1.807, 2.05) is 24.3 Å². The summed E-state index contributed by atoms with van der Waals surface area (Å²) in [5, 5.41) is 11.7. The summed E-state index contributed by atoms with van der Waals surface area (Å²) >= 11 is 0. The van der Waals surface area contributed by atoms with Gasteiger partial charge in [-0.3, -0.25) is 4.79 Å². The van der Waals surface area contributed by atoms with Crippen molar-refractivity contribution in [2.45, 2.75) is 25.3 Å². The number of aryl methyl sites for hydroxylation is 1. The zero-order valence-electron chi connectivity index (χ0n) is 13.7. The molecule has 0 aliphatic heterocycles. The molecular weight excluding hydrogens is 316 g/mol. The molecule has 0 radical (unpaired) electrons. The van der Waals surface area contributed by atoms with Gasteiger partial charge in [0.15, 0.2) is 6.61 Å². The number of carbonyl (C=O) groups excluding carboxylic acids is 2. The molecule has 0 spiro atoms. The highest BCUT2D eigenvalue weighted by Crippen LogP contribution is 2.29. The number of hydrogen-bond acceptors (Lipinski definition) is 4. The van der Waals surface area contributed by atoms with Crippen molar-refractivity contribution >= 4 is 11.9 Å². The van der Waals surface area contributed by atoms with Crippen molar-refractivity contribution in [1.82, 2.24) is 5.32 Å². The molecule has 1 aliphatic carbocycles. The van der Waals surface area contributed by atoms with Gasteiger partial charge in [-0.15, -0.1) is 0 Å². The molecule has 1 atom stereocenters. The van der Waals surface area contributed by atoms with E-state index in [1.165, 1.54) is 29.8 Å². The minimum absolute atomic E-state index is 0.0361. The summed E-state index contributed by atoms with van der Waals surface area (Å²) in [4.78, 5) is 24.1. The van der Waals surface area contributed by atoms with Gasteiger partial charge in [-0.2, -0.15) is 5.26 Å². The Labute approximate surface area is 146 Å². The van der Waals surface area contributed by atoms with Crippen LogP contribution in [-0.2, 0) is 16.0 Å². The molecule has 126 valence electrons. The van der Waals surface area contributed by atoms with Crippen LogP contribution in [-0.4, -0.2) is 18.5 Å². The van der Waals surface area contributed by atoms with Crippen LogP contribution >= 0.6 is 0 Å². The summed E-state index contributed by atoms with van der Waals surface area (Å²) in [6.45, 7) is -0.322. The maximum Gasteiger partial charge on any atom is 0.338 e. The van der Waals surface area contributed by atoms with E-state index in [-0.39, 0.29) is 18.6 Å². The summed E-state index contributed by atoms with van der Waals surface area (Å²) in [7, 11) is 0. The maximum atomic E-state index is 12.1. The highest BCUT2D eigenvalue weighted by atomic mass is 16.5. The van der Waals surface area contributed by atoms with Crippen molar-refractivity contribution in [2.24, 2.45) is 0 Å². The van der Waals surface area contributed by atoms with Crippen molar-refractivity contribution < 1.29 is 14.3 Å². The van der Waals surface area contributed by atoms with Crippen molar-refractivity contribution in [1.29, 1.82) is 5.26 Å². The quantitative estimate of drug-likeness (QED) is 0.872. The minimum atomic E-state index is -0.580. The van der Waals surface area contributed by atoms with E-state index in [4.69, 9.17) is 10.00 Å². The second-order valence-electron chi connectivity index (χ2n) is 5.98. The summed E-state index contributed by atoms with van der Waals surface area (Å²) in [6, 6.07) is 16.1. The van der Waals surface area contributed by atoms with Gasteiger partial charge >= 0.3 is 5.97 Å². The van der Waals surface area contributed by atoms with Gasteiger partial charge in [-0.25, -0.2) is 4.79 Å². The Balaban J connectivity index is 1.55. The summed E-state index contributed by atoms with van der Waals surface area (Å²) < 4.78 is 5.06. The molecular formula is C20H18N2O3. The number of nitrogens with one attached hydrogen (secondary N) is 1. The lowest BCUT2D eigenvalue weighted by atomic mass is 9.88. The van der Waals surface area contributed by atoms with Crippen LogP contribution in [0, 0.1) is 11.3 Å². The Hall–Kier alpha value is -3.13. The highest BCUT2D eigenvalue weighted by molar-refractivity contribution is 5.91. The normalized spacial score (nSPS) is 15.6. The first kappa shape index (κ1) is 16.7. The van der Waals surface area contributed by atoms with Crippen molar-refractivity contribution in [3.63, 3.8) is 0 Å². The van der Waals surface area contributed by atoms with Crippen LogP contribution in [0.3, 0.4) is 0 Å². The zero-order chi connectivity index (χ0) is 17.6. The minimum Gasteiger partial charge on any atom is -0.452 e. The lowest BCUT2D eigenvalue weighted by molar-refractivity contribution is -0.125. The molecule has 1 N–H and O–H groups in total. The van der Waals surface area contributed by atoms with E-state index in [9.17, 15) is 9.59 Å². The van der Waals surface area contributed by atoms with Crippen LogP contribution in [0.15, 0.2) is 48.5 Å². The summed E-state index contributed by atoms with van der Waals surface area (Å²) in [5.41, 5.74) is 3.18. The molecule has 1 amide bonds.